The van der Waals surface area contributed by atoms with E-state index in [9.17, 15) is 0 Å². The quantitative estimate of drug-likeness (QED) is 0.363. The van der Waals surface area contributed by atoms with Gasteiger partial charge >= 0.3 is 19.1 Å². The van der Waals surface area contributed by atoms with Crippen LogP contribution in [0, 0.1) is 0 Å². The van der Waals surface area contributed by atoms with Crippen molar-refractivity contribution in [1.29, 1.82) is 0 Å². The molecule has 0 aliphatic carbocycles. The van der Waals surface area contributed by atoms with Gasteiger partial charge in [-0.3, -0.25) is 0 Å². The third kappa shape index (κ3) is 11.7. The van der Waals surface area contributed by atoms with E-state index in [1.54, 1.807) is 0 Å². The van der Waals surface area contributed by atoms with Crippen LogP contribution in [-0.4, -0.2) is 45.5 Å². The highest BCUT2D eigenvalue weighted by Crippen LogP contribution is 2.02. The van der Waals surface area contributed by atoms with Crippen molar-refractivity contribution in [2.24, 2.45) is 0 Å². The molecule has 0 heterocycles. The van der Waals surface area contributed by atoms with Gasteiger partial charge in [-0.2, -0.15) is 0 Å². The molecule has 0 aromatic heterocycles. The van der Waals surface area contributed by atoms with E-state index in [2.05, 4.69) is 13.8 Å². The third-order valence-corrected chi connectivity index (χ3v) is 6.34. The summed E-state index contributed by atoms with van der Waals surface area (Å²) >= 11 is 0. The largest absolute Gasteiger partial charge is 0.476 e. The van der Waals surface area contributed by atoms with Crippen LogP contribution in [0.1, 0.15) is 53.4 Å². The highest BCUT2D eigenvalue weighted by Gasteiger charge is 2.24. The van der Waals surface area contributed by atoms with Crippen molar-refractivity contribution in [2.45, 2.75) is 53.4 Å². The molecule has 0 fully saturated rings. The molecule has 7 heteroatoms. The van der Waals surface area contributed by atoms with Crippen LogP contribution in [0.2, 0.25) is 0 Å². The minimum atomic E-state index is -2.09. The predicted octanol–water partition coefficient (Wildman–Crippen LogP) is 2.14. The summed E-state index contributed by atoms with van der Waals surface area (Å²) in [5, 5.41) is 0. The molecule has 2 atom stereocenters. The summed E-state index contributed by atoms with van der Waals surface area (Å²) in [5.74, 6) is 0. The number of hydrogen-bond donors (Lipinski definition) is 0. The van der Waals surface area contributed by atoms with Gasteiger partial charge in [0.05, 0.1) is 0 Å². The standard InChI is InChI=1S/C12H30O5Si2/c1-5-9-11-15-18(13-7-3)17-19(14-8-4)16-12-10-6-2/h18-19H,5-12H2,1-4H3. The molecule has 0 rings (SSSR count). The highest BCUT2D eigenvalue weighted by molar-refractivity contribution is 6.51. The minimum Gasteiger partial charge on any atom is -0.377 e. The first kappa shape index (κ1) is 19.2. The van der Waals surface area contributed by atoms with Crippen molar-refractivity contribution in [3.63, 3.8) is 0 Å². The molecule has 0 radical (unpaired) electrons. The smallest absolute Gasteiger partial charge is 0.377 e. The monoisotopic (exact) mass is 310 g/mol. The number of rotatable bonds is 14. The molecule has 0 aromatic carbocycles. The molecule has 19 heavy (non-hydrogen) atoms. The maximum atomic E-state index is 5.81. The van der Waals surface area contributed by atoms with Crippen molar-refractivity contribution < 1.29 is 21.8 Å². The van der Waals surface area contributed by atoms with Crippen LogP contribution in [0.4, 0.5) is 0 Å². The van der Waals surface area contributed by atoms with Crippen molar-refractivity contribution in [1.82, 2.24) is 0 Å². The molecule has 0 saturated carbocycles. The Bertz CT molecular complexity index is 168. The molecule has 2 unspecified atom stereocenters. The molecule has 0 aromatic rings. The van der Waals surface area contributed by atoms with Gasteiger partial charge in [0.25, 0.3) is 0 Å². The van der Waals surface area contributed by atoms with E-state index >= 15 is 0 Å². The zero-order valence-corrected chi connectivity index (χ0v) is 15.2. The Morgan fingerprint density at radius 3 is 1.37 bits per heavy atom. The molecule has 0 bridgehead atoms. The predicted molar refractivity (Wildman–Crippen MR) is 80.4 cm³/mol. The zero-order chi connectivity index (χ0) is 14.3. The maximum absolute atomic E-state index is 5.81. The summed E-state index contributed by atoms with van der Waals surface area (Å²) in [5.41, 5.74) is 0. The summed E-state index contributed by atoms with van der Waals surface area (Å²) in [7, 11) is -4.19. The molecular weight excluding hydrogens is 280 g/mol. The lowest BCUT2D eigenvalue weighted by Crippen LogP contribution is -2.39. The molecule has 0 aliphatic rings. The molecule has 0 spiro atoms. The zero-order valence-electron chi connectivity index (χ0n) is 12.9. The SMILES string of the molecule is CCCCO[SiH](OCC)O[SiH](OCC)OCCCC. The van der Waals surface area contributed by atoms with Gasteiger partial charge in [-0.25, -0.2) is 0 Å². The summed E-state index contributed by atoms with van der Waals surface area (Å²) in [4.78, 5) is 0. The maximum Gasteiger partial charge on any atom is 0.476 e. The van der Waals surface area contributed by atoms with E-state index in [0.29, 0.717) is 26.4 Å². The van der Waals surface area contributed by atoms with E-state index in [4.69, 9.17) is 21.8 Å². The van der Waals surface area contributed by atoms with E-state index in [1.807, 2.05) is 13.8 Å². The fraction of sp³-hybridized carbons (Fsp3) is 1.00. The molecule has 0 aliphatic heterocycles. The third-order valence-electron chi connectivity index (χ3n) is 2.33. The first-order valence-electron chi connectivity index (χ1n) is 7.40. The van der Waals surface area contributed by atoms with Crippen molar-refractivity contribution in [3.05, 3.63) is 0 Å². The van der Waals surface area contributed by atoms with Gasteiger partial charge in [0, 0.05) is 26.4 Å². The van der Waals surface area contributed by atoms with E-state index < -0.39 is 19.1 Å². The van der Waals surface area contributed by atoms with Crippen LogP contribution in [0.15, 0.2) is 0 Å². The Morgan fingerprint density at radius 1 is 0.632 bits per heavy atom. The first-order chi connectivity index (χ1) is 9.28. The molecule has 0 amide bonds. The normalized spacial score (nSPS) is 14.5. The van der Waals surface area contributed by atoms with Crippen LogP contribution < -0.4 is 0 Å². The Hall–Kier alpha value is 0.234. The summed E-state index contributed by atoms with van der Waals surface area (Å²) in [6.45, 7) is 10.7. The van der Waals surface area contributed by atoms with Gasteiger partial charge in [0.1, 0.15) is 0 Å². The lowest BCUT2D eigenvalue weighted by atomic mass is 10.4. The minimum absolute atomic E-state index is 0.602. The van der Waals surface area contributed by atoms with Gasteiger partial charge in [0.15, 0.2) is 0 Å². The lowest BCUT2D eigenvalue weighted by molar-refractivity contribution is 0.0869. The van der Waals surface area contributed by atoms with Gasteiger partial charge in [0.2, 0.25) is 0 Å². The van der Waals surface area contributed by atoms with Gasteiger partial charge in [-0.1, -0.05) is 26.7 Å². The fourth-order valence-corrected chi connectivity index (χ4v) is 4.70. The lowest BCUT2D eigenvalue weighted by Gasteiger charge is -2.21. The van der Waals surface area contributed by atoms with E-state index in [-0.39, 0.29) is 0 Å². The Morgan fingerprint density at radius 2 is 1.05 bits per heavy atom. The van der Waals surface area contributed by atoms with Crippen LogP contribution >= 0.6 is 0 Å². The van der Waals surface area contributed by atoms with Crippen molar-refractivity contribution in [2.75, 3.05) is 26.4 Å². The average molecular weight is 311 g/mol. The topological polar surface area (TPSA) is 46.2 Å². The molecule has 0 saturated heterocycles. The van der Waals surface area contributed by atoms with E-state index in [1.165, 1.54) is 0 Å². The van der Waals surface area contributed by atoms with Crippen LogP contribution in [-0.2, 0) is 21.8 Å². The molecule has 5 nitrogen and oxygen atoms in total. The first-order valence-corrected chi connectivity index (χ1v) is 10.2. The second-order valence-electron chi connectivity index (χ2n) is 4.07. The molecular formula is C12H30O5Si2. The van der Waals surface area contributed by atoms with Crippen LogP contribution in [0.3, 0.4) is 0 Å². The average Bonchev–Trinajstić information content (AvgIpc) is 2.39. The van der Waals surface area contributed by atoms with Gasteiger partial charge in [-0.15, -0.1) is 0 Å². The van der Waals surface area contributed by atoms with Crippen molar-refractivity contribution >= 4 is 19.1 Å². The van der Waals surface area contributed by atoms with Gasteiger partial charge < -0.3 is 21.8 Å². The Balaban J connectivity index is 4.05. The Kier molecular flexibility index (Phi) is 14.8. The summed E-state index contributed by atoms with van der Waals surface area (Å²) in [6.07, 6.45) is 4.26. The van der Waals surface area contributed by atoms with Crippen LogP contribution in [0.25, 0.3) is 0 Å². The fourth-order valence-electron chi connectivity index (χ4n) is 1.26. The number of unbranched alkanes of at least 4 members (excludes halogenated alkanes) is 2. The van der Waals surface area contributed by atoms with E-state index in [0.717, 1.165) is 25.7 Å². The Labute approximate surface area is 121 Å². The second-order valence-corrected chi connectivity index (χ2v) is 7.65. The summed E-state index contributed by atoms with van der Waals surface area (Å²) < 4.78 is 28.2. The van der Waals surface area contributed by atoms with Gasteiger partial charge in [-0.05, 0) is 26.7 Å². The van der Waals surface area contributed by atoms with Crippen molar-refractivity contribution in [3.8, 4) is 0 Å². The molecule has 0 N–H and O–H groups in total. The summed E-state index contributed by atoms with van der Waals surface area (Å²) in [6, 6.07) is 0. The number of hydrogen-bond acceptors (Lipinski definition) is 5. The molecule has 116 valence electrons. The second kappa shape index (κ2) is 14.6. The van der Waals surface area contributed by atoms with Crippen LogP contribution in [0.5, 0.6) is 0 Å². The highest BCUT2D eigenvalue weighted by atomic mass is 28.4.